The van der Waals surface area contributed by atoms with Gasteiger partial charge in [-0.25, -0.2) is 13.1 Å². The smallest absolute Gasteiger partial charge is 0.348 e. The average Bonchev–Trinajstić information content (AvgIpc) is 3.51. The van der Waals surface area contributed by atoms with Gasteiger partial charge in [-0.05, 0) is 83.8 Å². The molecule has 0 saturated carbocycles. The first-order valence-corrected chi connectivity index (χ1v) is 16.1. The molecular formula is C32H35F3N4O4S. The molecule has 8 nitrogen and oxygen atoms in total. The van der Waals surface area contributed by atoms with Crippen LogP contribution in [0.25, 0.3) is 10.8 Å². The number of hydrogen-bond acceptors (Lipinski definition) is 5. The van der Waals surface area contributed by atoms with E-state index in [-0.39, 0.29) is 36.7 Å². The zero-order chi connectivity index (χ0) is 31.5. The van der Waals surface area contributed by atoms with Crippen LogP contribution in [0.4, 0.5) is 13.2 Å². The van der Waals surface area contributed by atoms with E-state index >= 15 is 0 Å². The summed E-state index contributed by atoms with van der Waals surface area (Å²) in [6.07, 6.45) is -1.89. The molecule has 12 heteroatoms. The molecule has 3 N–H and O–H groups in total. The Morgan fingerprint density at radius 3 is 2.52 bits per heavy atom. The van der Waals surface area contributed by atoms with E-state index in [0.717, 1.165) is 54.4 Å². The molecule has 3 aromatic rings. The van der Waals surface area contributed by atoms with Crippen LogP contribution in [-0.4, -0.2) is 57.9 Å². The second-order valence-electron chi connectivity index (χ2n) is 11.4. The van der Waals surface area contributed by atoms with Crippen LogP contribution in [-0.2, 0) is 22.7 Å². The topological polar surface area (TPSA) is 108 Å². The molecule has 0 aliphatic carbocycles. The fourth-order valence-corrected chi connectivity index (χ4v) is 6.52. The molecule has 0 aromatic heterocycles. The van der Waals surface area contributed by atoms with Crippen LogP contribution in [0.1, 0.15) is 62.6 Å². The van der Waals surface area contributed by atoms with Crippen LogP contribution in [0, 0.1) is 5.92 Å². The highest BCUT2D eigenvalue weighted by Gasteiger charge is 2.31. The van der Waals surface area contributed by atoms with Crippen molar-refractivity contribution in [1.82, 2.24) is 20.3 Å². The fraction of sp³-hybridized carbons (Fsp3) is 0.375. The number of alkyl halides is 3. The number of piperidine rings is 1. The first-order chi connectivity index (χ1) is 20.9. The molecule has 0 spiro atoms. The Hall–Kier alpha value is -3.74. The van der Waals surface area contributed by atoms with E-state index in [4.69, 9.17) is 0 Å². The molecule has 2 atom stereocenters. The van der Waals surface area contributed by atoms with Crippen molar-refractivity contribution in [2.45, 2.75) is 37.9 Å². The maximum Gasteiger partial charge on any atom is 0.416 e. The van der Waals surface area contributed by atoms with Gasteiger partial charge in [-0.2, -0.15) is 13.2 Å². The summed E-state index contributed by atoms with van der Waals surface area (Å²) < 4.78 is 64.8. The molecule has 234 valence electrons. The number of rotatable bonds is 9. The van der Waals surface area contributed by atoms with Crippen LogP contribution in [0.15, 0.2) is 66.6 Å². The van der Waals surface area contributed by atoms with Crippen LogP contribution < -0.4 is 15.4 Å². The van der Waals surface area contributed by atoms with Crippen molar-refractivity contribution < 1.29 is 31.2 Å². The Kier molecular flexibility index (Phi) is 9.42. The summed E-state index contributed by atoms with van der Waals surface area (Å²) in [5.41, 5.74) is 1.64. The number of sulfonamides is 1. The summed E-state index contributed by atoms with van der Waals surface area (Å²) in [5, 5.41) is 8.54. The Bertz CT molecular complexity index is 1650. The molecule has 2 aliphatic heterocycles. The zero-order valence-corrected chi connectivity index (χ0v) is 24.9. The molecule has 0 bridgehead atoms. The first-order valence-electron chi connectivity index (χ1n) is 14.6. The normalized spacial score (nSPS) is 19.2. The largest absolute Gasteiger partial charge is 0.416 e. The van der Waals surface area contributed by atoms with Crippen LogP contribution >= 0.6 is 0 Å². The molecule has 0 radical (unpaired) electrons. The zero-order valence-electron chi connectivity index (χ0n) is 24.1. The van der Waals surface area contributed by atoms with E-state index in [2.05, 4.69) is 21.9 Å². The number of likely N-dealkylation sites (tertiary alicyclic amines) is 1. The number of halogens is 3. The Morgan fingerprint density at radius 2 is 1.84 bits per heavy atom. The molecule has 44 heavy (non-hydrogen) atoms. The highest BCUT2D eigenvalue weighted by atomic mass is 32.2. The molecule has 5 rings (SSSR count). The summed E-state index contributed by atoms with van der Waals surface area (Å²) in [5.74, 6) is -0.406. The molecule has 2 fully saturated rings. The van der Waals surface area contributed by atoms with Crippen molar-refractivity contribution in [3.8, 4) is 0 Å². The van der Waals surface area contributed by atoms with Crippen molar-refractivity contribution >= 4 is 32.6 Å². The van der Waals surface area contributed by atoms with Crippen LogP contribution in [0.5, 0.6) is 0 Å². The first kappa shape index (κ1) is 31.7. The van der Waals surface area contributed by atoms with Crippen LogP contribution in [0.2, 0.25) is 0 Å². The molecular weight excluding hydrogens is 593 g/mol. The number of benzene rings is 3. The SMILES string of the molecule is C=CS(=O)(=O)NC[C@H]1CCN(C(=O)c2ccc3c(C(=O)NCc4ccc(C(F)(F)F)cc4)c(C4CCCNC4)ccc3c2)C1. The van der Waals surface area contributed by atoms with Gasteiger partial charge in [0.2, 0.25) is 10.0 Å². The van der Waals surface area contributed by atoms with Gasteiger partial charge < -0.3 is 15.5 Å². The van der Waals surface area contributed by atoms with Gasteiger partial charge in [-0.1, -0.05) is 36.9 Å². The second kappa shape index (κ2) is 13.1. The summed E-state index contributed by atoms with van der Waals surface area (Å²) >= 11 is 0. The Morgan fingerprint density at radius 1 is 1.07 bits per heavy atom. The molecule has 3 aromatic carbocycles. The number of nitrogens with zero attached hydrogens (tertiary/aromatic N) is 1. The van der Waals surface area contributed by atoms with Crippen molar-refractivity contribution in [1.29, 1.82) is 0 Å². The molecule has 2 amide bonds. The lowest BCUT2D eigenvalue weighted by atomic mass is 9.85. The van der Waals surface area contributed by atoms with E-state index < -0.39 is 21.8 Å². The van der Waals surface area contributed by atoms with Crippen molar-refractivity contribution in [2.75, 3.05) is 32.7 Å². The second-order valence-corrected chi connectivity index (χ2v) is 13.1. The number of amides is 2. The lowest BCUT2D eigenvalue weighted by molar-refractivity contribution is -0.137. The molecule has 2 aliphatic rings. The van der Waals surface area contributed by atoms with Gasteiger partial charge in [-0.3, -0.25) is 9.59 Å². The standard InChI is InChI=1S/C32H35F3N4O4S/c1-2-44(42,43)38-18-22-13-15-39(20-22)31(41)24-8-12-27-23(16-24)7-11-28(25-4-3-14-36-19-25)29(27)30(40)37-17-21-5-9-26(10-6-21)32(33,34)35/h2,5-12,16,22,25,36,38H,1,3-4,13-15,17-20H2,(H,37,40)/t22-,25?/m1/s1. The lowest BCUT2D eigenvalue weighted by Crippen LogP contribution is -2.32. The summed E-state index contributed by atoms with van der Waals surface area (Å²) in [6, 6.07) is 13.8. The van der Waals surface area contributed by atoms with Gasteiger partial charge in [0.1, 0.15) is 0 Å². The number of fused-ring (bicyclic) bond motifs is 1. The molecule has 2 heterocycles. The summed E-state index contributed by atoms with van der Waals surface area (Å²) in [7, 11) is -3.54. The van der Waals surface area contributed by atoms with E-state index in [1.165, 1.54) is 12.1 Å². The number of carbonyl (C=O) groups excluding carboxylic acids is 2. The maximum absolute atomic E-state index is 13.7. The highest BCUT2D eigenvalue weighted by Crippen LogP contribution is 2.33. The van der Waals surface area contributed by atoms with Crippen LogP contribution in [0.3, 0.4) is 0 Å². The third-order valence-electron chi connectivity index (χ3n) is 8.36. The monoisotopic (exact) mass is 628 g/mol. The molecule has 2 saturated heterocycles. The van der Waals surface area contributed by atoms with Crippen molar-refractivity contribution in [3.63, 3.8) is 0 Å². The third-order valence-corrected chi connectivity index (χ3v) is 9.37. The van der Waals surface area contributed by atoms with E-state index in [1.807, 2.05) is 12.1 Å². The Labute approximate surface area is 254 Å². The molecule has 1 unspecified atom stereocenters. The summed E-state index contributed by atoms with van der Waals surface area (Å²) in [6.45, 7) is 6.12. The maximum atomic E-state index is 13.7. The van der Waals surface area contributed by atoms with Crippen molar-refractivity contribution in [3.05, 3.63) is 94.4 Å². The minimum absolute atomic E-state index is 0.0132. The van der Waals surface area contributed by atoms with Gasteiger partial charge in [0.15, 0.2) is 0 Å². The van der Waals surface area contributed by atoms with Crippen molar-refractivity contribution in [2.24, 2.45) is 5.92 Å². The average molecular weight is 629 g/mol. The number of carbonyl (C=O) groups is 2. The van der Waals surface area contributed by atoms with Gasteiger partial charge in [0.25, 0.3) is 11.8 Å². The predicted molar refractivity (Wildman–Crippen MR) is 163 cm³/mol. The predicted octanol–water partition coefficient (Wildman–Crippen LogP) is 4.78. The van der Waals surface area contributed by atoms with Gasteiger partial charge in [-0.15, -0.1) is 0 Å². The third kappa shape index (κ3) is 7.31. The quantitative estimate of drug-likeness (QED) is 0.316. The lowest BCUT2D eigenvalue weighted by Gasteiger charge is -2.26. The number of hydrogen-bond donors (Lipinski definition) is 3. The van der Waals surface area contributed by atoms with E-state index in [1.54, 1.807) is 23.1 Å². The fourth-order valence-electron chi connectivity index (χ4n) is 5.93. The summed E-state index contributed by atoms with van der Waals surface area (Å²) in [4.78, 5) is 28.8. The highest BCUT2D eigenvalue weighted by molar-refractivity contribution is 7.92. The van der Waals surface area contributed by atoms with E-state index in [9.17, 15) is 31.2 Å². The van der Waals surface area contributed by atoms with Gasteiger partial charge in [0.05, 0.1) is 11.1 Å². The minimum atomic E-state index is -4.43. The van der Waals surface area contributed by atoms with Gasteiger partial charge >= 0.3 is 6.18 Å². The number of nitrogens with one attached hydrogen (secondary N) is 3. The minimum Gasteiger partial charge on any atom is -0.348 e. The Balaban J connectivity index is 1.37. The van der Waals surface area contributed by atoms with E-state index in [0.29, 0.717) is 41.6 Å². The van der Waals surface area contributed by atoms with Gasteiger partial charge in [0, 0.05) is 43.7 Å².